The molecule has 0 spiro atoms. The van der Waals surface area contributed by atoms with E-state index in [4.69, 9.17) is 19.4 Å². The molecule has 3 aromatic heterocycles. The van der Waals surface area contributed by atoms with E-state index in [0.717, 1.165) is 45.5 Å². The molecule has 156 valence electrons. The smallest absolute Gasteiger partial charge is 0.222 e. The Labute approximate surface area is 172 Å². The van der Waals surface area contributed by atoms with Crippen LogP contribution in [0.5, 0.6) is 5.88 Å². The monoisotopic (exact) mass is 397 g/mol. The van der Waals surface area contributed by atoms with E-state index in [1.165, 1.54) is 0 Å². The minimum Gasteiger partial charge on any atom is -0.480 e. The molecular weight excluding hydrogens is 366 g/mol. The van der Waals surface area contributed by atoms with Gasteiger partial charge in [0.15, 0.2) is 0 Å². The second kappa shape index (κ2) is 8.93. The predicted octanol–water partition coefficient (Wildman–Crippen LogP) is 4.28. The van der Waals surface area contributed by atoms with E-state index >= 15 is 0 Å². The van der Waals surface area contributed by atoms with Crippen LogP contribution in [-0.4, -0.2) is 47.1 Å². The van der Waals surface area contributed by atoms with Crippen LogP contribution in [0.4, 0.5) is 0 Å². The van der Waals surface area contributed by atoms with E-state index in [-0.39, 0.29) is 12.6 Å². The van der Waals surface area contributed by atoms with Crippen LogP contribution in [0.3, 0.4) is 0 Å². The molecule has 29 heavy (non-hydrogen) atoms. The Morgan fingerprint density at radius 3 is 2.52 bits per heavy atom. The lowest BCUT2D eigenvalue weighted by Crippen LogP contribution is -2.17. The second-order valence-electron chi connectivity index (χ2n) is 7.68. The number of rotatable bonds is 8. The van der Waals surface area contributed by atoms with Gasteiger partial charge in [-0.25, -0.2) is 9.97 Å². The Hall–Kier alpha value is -2.44. The van der Waals surface area contributed by atoms with Crippen molar-refractivity contribution in [1.29, 1.82) is 0 Å². The summed E-state index contributed by atoms with van der Waals surface area (Å²) in [5, 5.41) is 9.83. The number of nitrogens with zero attached hydrogens (tertiary/aromatic N) is 3. The SMILES string of the molecule is CCc1cc2c(nc1-c1ccc(C(C)C)nc1OC)c(C)cn2C(CO)COC. The summed E-state index contributed by atoms with van der Waals surface area (Å²) >= 11 is 0. The lowest BCUT2D eigenvalue weighted by atomic mass is 10.0. The molecular formula is C23H31N3O3. The summed E-state index contributed by atoms with van der Waals surface area (Å²) in [6.45, 7) is 8.85. The number of aliphatic hydroxyl groups is 1. The van der Waals surface area contributed by atoms with Gasteiger partial charge in [0.25, 0.3) is 0 Å². The van der Waals surface area contributed by atoms with E-state index in [0.29, 0.717) is 18.4 Å². The molecule has 0 fully saturated rings. The summed E-state index contributed by atoms with van der Waals surface area (Å²) < 4.78 is 13.0. The van der Waals surface area contributed by atoms with Crippen LogP contribution in [-0.2, 0) is 11.2 Å². The number of aliphatic hydroxyl groups excluding tert-OH is 1. The van der Waals surface area contributed by atoms with Gasteiger partial charge in [-0.2, -0.15) is 0 Å². The molecule has 3 aromatic rings. The molecule has 1 unspecified atom stereocenters. The van der Waals surface area contributed by atoms with E-state index in [1.807, 2.05) is 19.2 Å². The summed E-state index contributed by atoms with van der Waals surface area (Å²) in [5.74, 6) is 0.925. The number of ether oxygens (including phenoxy) is 2. The maximum atomic E-state index is 9.83. The number of hydrogen-bond acceptors (Lipinski definition) is 5. The molecule has 0 aliphatic rings. The first-order chi connectivity index (χ1) is 13.9. The molecule has 6 nitrogen and oxygen atoms in total. The van der Waals surface area contributed by atoms with Crippen molar-refractivity contribution in [2.24, 2.45) is 0 Å². The third kappa shape index (κ3) is 4.00. The van der Waals surface area contributed by atoms with Crippen molar-refractivity contribution in [2.75, 3.05) is 27.4 Å². The molecule has 3 rings (SSSR count). The van der Waals surface area contributed by atoms with Crippen molar-refractivity contribution in [2.45, 2.75) is 46.1 Å². The number of aryl methyl sites for hydroxylation is 2. The summed E-state index contributed by atoms with van der Waals surface area (Å²) in [6.07, 6.45) is 2.86. The van der Waals surface area contributed by atoms with Gasteiger partial charge >= 0.3 is 0 Å². The van der Waals surface area contributed by atoms with E-state index in [2.05, 4.69) is 37.5 Å². The average molecular weight is 398 g/mol. The van der Waals surface area contributed by atoms with Crippen molar-refractivity contribution < 1.29 is 14.6 Å². The van der Waals surface area contributed by atoms with Gasteiger partial charge in [0.2, 0.25) is 5.88 Å². The molecule has 0 saturated heterocycles. The number of hydrogen-bond donors (Lipinski definition) is 1. The highest BCUT2D eigenvalue weighted by Crippen LogP contribution is 2.35. The molecule has 6 heteroatoms. The highest BCUT2D eigenvalue weighted by Gasteiger charge is 2.20. The first kappa shape index (κ1) is 21.3. The zero-order chi connectivity index (χ0) is 21.1. The fourth-order valence-corrected chi connectivity index (χ4v) is 3.70. The Kier molecular flexibility index (Phi) is 6.55. The Balaban J connectivity index is 2.21. The van der Waals surface area contributed by atoms with Crippen LogP contribution in [0.1, 0.15) is 49.6 Å². The quantitative estimate of drug-likeness (QED) is 0.614. The summed E-state index contributed by atoms with van der Waals surface area (Å²) in [4.78, 5) is 9.73. The minimum absolute atomic E-state index is 0.00861. The molecule has 0 saturated carbocycles. The zero-order valence-electron chi connectivity index (χ0n) is 18.2. The van der Waals surface area contributed by atoms with Gasteiger partial charge < -0.3 is 19.1 Å². The molecule has 0 radical (unpaired) electrons. The van der Waals surface area contributed by atoms with Crippen LogP contribution in [0.15, 0.2) is 24.4 Å². The Morgan fingerprint density at radius 1 is 1.17 bits per heavy atom. The van der Waals surface area contributed by atoms with Gasteiger partial charge in [0, 0.05) is 19.0 Å². The Bertz CT molecular complexity index is 995. The number of fused-ring (bicyclic) bond motifs is 1. The van der Waals surface area contributed by atoms with Gasteiger partial charge in [0.1, 0.15) is 0 Å². The molecule has 3 heterocycles. The third-order valence-corrected chi connectivity index (χ3v) is 5.33. The minimum atomic E-state index is -0.143. The third-order valence-electron chi connectivity index (χ3n) is 5.33. The summed E-state index contributed by atoms with van der Waals surface area (Å²) in [6, 6.07) is 6.13. The molecule has 0 bridgehead atoms. The van der Waals surface area contributed by atoms with Gasteiger partial charge in [-0.1, -0.05) is 20.8 Å². The van der Waals surface area contributed by atoms with E-state index in [1.54, 1.807) is 14.2 Å². The van der Waals surface area contributed by atoms with Gasteiger partial charge in [0.05, 0.1) is 48.7 Å². The number of methoxy groups -OCH3 is 2. The van der Waals surface area contributed by atoms with Crippen LogP contribution in [0.2, 0.25) is 0 Å². The highest BCUT2D eigenvalue weighted by molar-refractivity contribution is 5.85. The first-order valence-electron chi connectivity index (χ1n) is 10.1. The lowest BCUT2D eigenvalue weighted by Gasteiger charge is -2.18. The lowest BCUT2D eigenvalue weighted by molar-refractivity contribution is 0.116. The summed E-state index contributed by atoms with van der Waals surface area (Å²) in [7, 11) is 3.30. The number of aromatic nitrogens is 3. The Morgan fingerprint density at radius 2 is 1.93 bits per heavy atom. The average Bonchev–Trinajstić information content (AvgIpc) is 3.05. The fraction of sp³-hybridized carbons (Fsp3) is 0.478. The topological polar surface area (TPSA) is 69.4 Å². The van der Waals surface area contributed by atoms with Crippen LogP contribution >= 0.6 is 0 Å². The molecule has 0 aromatic carbocycles. The zero-order valence-corrected chi connectivity index (χ0v) is 18.2. The summed E-state index contributed by atoms with van der Waals surface area (Å²) in [5.41, 5.74) is 6.89. The van der Waals surface area contributed by atoms with Crippen LogP contribution in [0, 0.1) is 6.92 Å². The predicted molar refractivity (Wildman–Crippen MR) is 116 cm³/mol. The molecule has 0 aliphatic carbocycles. The molecule has 1 atom stereocenters. The molecule has 0 aliphatic heterocycles. The van der Waals surface area contributed by atoms with E-state index < -0.39 is 0 Å². The second-order valence-corrected chi connectivity index (χ2v) is 7.68. The van der Waals surface area contributed by atoms with E-state index in [9.17, 15) is 5.11 Å². The normalized spacial score (nSPS) is 12.7. The van der Waals surface area contributed by atoms with Gasteiger partial charge in [-0.15, -0.1) is 0 Å². The number of pyridine rings is 2. The highest BCUT2D eigenvalue weighted by atomic mass is 16.5. The fourth-order valence-electron chi connectivity index (χ4n) is 3.70. The molecule has 1 N–H and O–H groups in total. The van der Waals surface area contributed by atoms with Crippen molar-refractivity contribution in [3.8, 4) is 17.1 Å². The maximum absolute atomic E-state index is 9.83. The molecule has 0 amide bonds. The van der Waals surface area contributed by atoms with Crippen molar-refractivity contribution in [3.05, 3.63) is 41.2 Å². The first-order valence-corrected chi connectivity index (χ1v) is 10.1. The van der Waals surface area contributed by atoms with Gasteiger partial charge in [-0.05, 0) is 48.6 Å². The van der Waals surface area contributed by atoms with Crippen molar-refractivity contribution in [3.63, 3.8) is 0 Å². The largest absolute Gasteiger partial charge is 0.480 e. The van der Waals surface area contributed by atoms with Crippen molar-refractivity contribution in [1.82, 2.24) is 14.5 Å². The standard InChI is InChI=1S/C23H31N3O3/c1-7-16-10-20-21(15(4)11-26(20)17(12-27)13-28-5)25-22(16)18-8-9-19(14(2)3)24-23(18)29-6/h8-11,14,17,27H,7,12-13H2,1-6H3. The van der Waals surface area contributed by atoms with Crippen LogP contribution < -0.4 is 4.74 Å². The van der Waals surface area contributed by atoms with Crippen LogP contribution in [0.25, 0.3) is 22.3 Å². The van der Waals surface area contributed by atoms with Gasteiger partial charge in [-0.3, -0.25) is 0 Å². The maximum Gasteiger partial charge on any atom is 0.222 e. The van der Waals surface area contributed by atoms with Crippen molar-refractivity contribution >= 4 is 11.0 Å².